The Morgan fingerprint density at radius 2 is 1.81 bits per heavy atom. The summed E-state index contributed by atoms with van der Waals surface area (Å²) < 4.78 is 10.6. The lowest BCUT2D eigenvalue weighted by Crippen LogP contribution is -2.46. The first-order valence-corrected chi connectivity index (χ1v) is 10.2. The highest BCUT2D eigenvalue weighted by Gasteiger charge is 2.26. The van der Waals surface area contributed by atoms with Gasteiger partial charge in [0.25, 0.3) is 0 Å². The molecule has 0 bridgehead atoms. The zero-order valence-electron chi connectivity index (χ0n) is 16.4. The molecule has 6 heteroatoms. The Bertz CT molecular complexity index is 565. The molecular formula is C21H33N3O3. The molecule has 27 heavy (non-hydrogen) atoms. The zero-order chi connectivity index (χ0) is 18.9. The molecule has 0 aromatic heterocycles. The number of ether oxygens (including phenoxy) is 2. The van der Waals surface area contributed by atoms with Crippen molar-refractivity contribution in [3.8, 4) is 5.75 Å². The van der Waals surface area contributed by atoms with Gasteiger partial charge in [-0.25, -0.2) is 4.79 Å². The molecule has 1 aromatic rings. The fourth-order valence-corrected chi connectivity index (χ4v) is 3.98. The lowest BCUT2D eigenvalue weighted by molar-refractivity contribution is 0.0213. The Balaban J connectivity index is 1.27. The maximum atomic E-state index is 12.0. The maximum Gasteiger partial charge on any atom is 0.314 e. The molecule has 2 amide bonds. The lowest BCUT2D eigenvalue weighted by Gasteiger charge is -2.39. The Morgan fingerprint density at radius 1 is 1.11 bits per heavy atom. The number of hydrogen-bond acceptors (Lipinski definition) is 4. The number of urea groups is 1. The molecule has 2 heterocycles. The summed E-state index contributed by atoms with van der Waals surface area (Å²) in [6.45, 7) is 5.52. The molecule has 2 aliphatic heterocycles. The van der Waals surface area contributed by atoms with Gasteiger partial charge in [0.2, 0.25) is 0 Å². The van der Waals surface area contributed by atoms with Crippen LogP contribution in [0.5, 0.6) is 5.75 Å². The molecule has 150 valence electrons. The minimum atomic E-state index is -0.0598. The molecule has 2 fully saturated rings. The number of methoxy groups -OCH3 is 1. The first kappa shape index (κ1) is 20.0. The van der Waals surface area contributed by atoms with Crippen molar-refractivity contribution in [3.05, 3.63) is 29.8 Å². The van der Waals surface area contributed by atoms with E-state index in [9.17, 15) is 4.79 Å². The third-order valence-electron chi connectivity index (χ3n) is 5.77. The standard InChI is InChI=1S/C21H33N3O3/c1-26-20-4-2-17(3-5-20)6-11-22-21(25)23-16-18-7-12-24(13-8-18)19-9-14-27-15-10-19/h2-5,18-19H,6-16H2,1H3,(H2,22,23,25). The van der Waals surface area contributed by atoms with Crippen molar-refractivity contribution in [2.45, 2.75) is 38.1 Å². The minimum Gasteiger partial charge on any atom is -0.497 e. The summed E-state index contributed by atoms with van der Waals surface area (Å²) in [6.07, 6.45) is 5.49. The second-order valence-electron chi connectivity index (χ2n) is 7.56. The maximum absolute atomic E-state index is 12.0. The predicted molar refractivity (Wildman–Crippen MR) is 106 cm³/mol. The van der Waals surface area contributed by atoms with Gasteiger partial charge in [0.1, 0.15) is 5.75 Å². The van der Waals surface area contributed by atoms with Crippen molar-refractivity contribution in [2.75, 3.05) is 46.5 Å². The van der Waals surface area contributed by atoms with Gasteiger partial charge in [-0.15, -0.1) is 0 Å². The van der Waals surface area contributed by atoms with E-state index >= 15 is 0 Å². The molecule has 0 aliphatic carbocycles. The number of rotatable bonds is 7. The number of hydrogen-bond donors (Lipinski definition) is 2. The van der Waals surface area contributed by atoms with E-state index in [2.05, 4.69) is 15.5 Å². The number of amides is 2. The van der Waals surface area contributed by atoms with Gasteiger partial charge < -0.3 is 25.0 Å². The Kier molecular flexibility index (Phi) is 7.78. The fraction of sp³-hybridized carbons (Fsp3) is 0.667. The summed E-state index contributed by atoms with van der Waals surface area (Å²) in [4.78, 5) is 14.6. The fourth-order valence-electron chi connectivity index (χ4n) is 3.98. The minimum absolute atomic E-state index is 0.0598. The largest absolute Gasteiger partial charge is 0.497 e. The monoisotopic (exact) mass is 375 g/mol. The van der Waals surface area contributed by atoms with Gasteiger partial charge in [-0.05, 0) is 68.8 Å². The molecule has 0 radical (unpaired) electrons. The summed E-state index contributed by atoms with van der Waals surface area (Å²) >= 11 is 0. The van der Waals surface area contributed by atoms with E-state index in [0.717, 1.165) is 45.0 Å². The van der Waals surface area contributed by atoms with Crippen molar-refractivity contribution in [2.24, 2.45) is 5.92 Å². The number of likely N-dealkylation sites (tertiary alicyclic amines) is 1. The van der Waals surface area contributed by atoms with Gasteiger partial charge in [0.05, 0.1) is 7.11 Å². The van der Waals surface area contributed by atoms with E-state index in [4.69, 9.17) is 9.47 Å². The highest BCUT2D eigenvalue weighted by Crippen LogP contribution is 2.22. The van der Waals surface area contributed by atoms with Gasteiger partial charge in [-0.2, -0.15) is 0 Å². The number of nitrogens with one attached hydrogen (secondary N) is 2. The molecular weight excluding hydrogens is 342 g/mol. The number of nitrogens with zero attached hydrogens (tertiary/aromatic N) is 1. The van der Waals surface area contributed by atoms with Crippen LogP contribution in [0.1, 0.15) is 31.2 Å². The average molecular weight is 376 g/mol. The Labute approximate surface area is 162 Å². The molecule has 2 aliphatic rings. The summed E-state index contributed by atoms with van der Waals surface area (Å²) in [6, 6.07) is 8.60. The molecule has 0 spiro atoms. The lowest BCUT2D eigenvalue weighted by atomic mass is 9.94. The normalized spacial score (nSPS) is 19.6. The van der Waals surface area contributed by atoms with Crippen molar-refractivity contribution >= 4 is 6.03 Å². The van der Waals surface area contributed by atoms with E-state index in [1.54, 1.807) is 7.11 Å². The second-order valence-corrected chi connectivity index (χ2v) is 7.56. The molecule has 3 rings (SSSR count). The molecule has 0 saturated carbocycles. The van der Waals surface area contributed by atoms with Gasteiger partial charge >= 0.3 is 6.03 Å². The quantitative estimate of drug-likeness (QED) is 0.768. The summed E-state index contributed by atoms with van der Waals surface area (Å²) in [5, 5.41) is 6.00. The molecule has 1 aromatic carbocycles. The van der Waals surface area contributed by atoms with Crippen molar-refractivity contribution in [1.82, 2.24) is 15.5 Å². The van der Waals surface area contributed by atoms with Gasteiger partial charge in [-0.1, -0.05) is 12.1 Å². The first-order chi connectivity index (χ1) is 13.2. The molecule has 0 atom stereocenters. The molecule has 2 saturated heterocycles. The van der Waals surface area contributed by atoms with E-state index in [1.807, 2.05) is 24.3 Å². The number of piperidine rings is 1. The van der Waals surface area contributed by atoms with Crippen LogP contribution in [-0.4, -0.2) is 63.5 Å². The van der Waals surface area contributed by atoms with Crippen LogP contribution in [0.4, 0.5) is 4.79 Å². The Hall–Kier alpha value is -1.79. The number of benzene rings is 1. The highest BCUT2D eigenvalue weighted by molar-refractivity contribution is 5.73. The van der Waals surface area contributed by atoms with Gasteiger partial charge in [-0.3, -0.25) is 0 Å². The van der Waals surface area contributed by atoms with Crippen LogP contribution in [0.2, 0.25) is 0 Å². The molecule has 2 N–H and O–H groups in total. The van der Waals surface area contributed by atoms with Gasteiger partial charge in [0.15, 0.2) is 0 Å². The van der Waals surface area contributed by atoms with E-state index in [-0.39, 0.29) is 6.03 Å². The first-order valence-electron chi connectivity index (χ1n) is 10.2. The summed E-state index contributed by atoms with van der Waals surface area (Å²) in [5.74, 6) is 1.45. The topological polar surface area (TPSA) is 62.8 Å². The van der Waals surface area contributed by atoms with Crippen LogP contribution in [0.25, 0.3) is 0 Å². The van der Waals surface area contributed by atoms with Crippen molar-refractivity contribution in [1.29, 1.82) is 0 Å². The van der Waals surface area contributed by atoms with Crippen LogP contribution in [0.15, 0.2) is 24.3 Å². The van der Waals surface area contributed by atoms with Crippen LogP contribution in [0, 0.1) is 5.92 Å². The SMILES string of the molecule is COc1ccc(CCNC(=O)NCC2CCN(C3CCOCC3)CC2)cc1. The predicted octanol–water partition coefficient (Wildman–Crippen LogP) is 2.43. The third-order valence-corrected chi connectivity index (χ3v) is 5.77. The smallest absolute Gasteiger partial charge is 0.314 e. The van der Waals surface area contributed by atoms with Crippen molar-refractivity contribution in [3.63, 3.8) is 0 Å². The van der Waals surface area contributed by atoms with Crippen LogP contribution >= 0.6 is 0 Å². The number of carbonyl (C=O) groups excluding carboxylic acids is 1. The molecule has 6 nitrogen and oxygen atoms in total. The third kappa shape index (κ3) is 6.40. The van der Waals surface area contributed by atoms with E-state index in [0.29, 0.717) is 18.5 Å². The highest BCUT2D eigenvalue weighted by atomic mass is 16.5. The van der Waals surface area contributed by atoms with Crippen molar-refractivity contribution < 1.29 is 14.3 Å². The summed E-state index contributed by atoms with van der Waals surface area (Å²) in [7, 11) is 1.66. The van der Waals surface area contributed by atoms with Crippen LogP contribution in [-0.2, 0) is 11.2 Å². The van der Waals surface area contributed by atoms with Gasteiger partial charge in [0, 0.05) is 32.3 Å². The van der Waals surface area contributed by atoms with Crippen LogP contribution < -0.4 is 15.4 Å². The zero-order valence-corrected chi connectivity index (χ0v) is 16.4. The average Bonchev–Trinajstić information content (AvgIpc) is 2.74. The second kappa shape index (κ2) is 10.5. The summed E-state index contributed by atoms with van der Waals surface area (Å²) in [5.41, 5.74) is 1.19. The Morgan fingerprint density at radius 3 is 2.48 bits per heavy atom. The molecule has 0 unspecified atom stereocenters. The van der Waals surface area contributed by atoms with E-state index < -0.39 is 0 Å². The number of carbonyl (C=O) groups is 1. The van der Waals surface area contributed by atoms with E-state index in [1.165, 1.54) is 31.2 Å². The van der Waals surface area contributed by atoms with Crippen LogP contribution in [0.3, 0.4) is 0 Å².